The first-order valence-corrected chi connectivity index (χ1v) is 9.32. The molecule has 0 atom stereocenters. The van der Waals surface area contributed by atoms with E-state index in [9.17, 15) is 4.79 Å². The molecule has 0 bridgehead atoms. The number of fused-ring (bicyclic) bond motifs is 1. The van der Waals surface area contributed by atoms with Gasteiger partial charge < -0.3 is 19.9 Å². The number of rotatable bonds is 5. The highest BCUT2D eigenvalue weighted by Gasteiger charge is 2.38. The van der Waals surface area contributed by atoms with Gasteiger partial charge in [0.15, 0.2) is 5.82 Å². The quantitative estimate of drug-likeness (QED) is 0.531. The first-order valence-electron chi connectivity index (χ1n) is 9.32. The molecular formula is C21H19N5O3. The number of nitrogens with one attached hydrogen (secondary N) is 1. The number of aromatic nitrogens is 3. The van der Waals surface area contributed by atoms with Gasteiger partial charge in [-0.15, -0.1) is 0 Å². The molecule has 1 saturated carbocycles. The number of hydrogen-bond donors (Lipinski definition) is 2. The van der Waals surface area contributed by atoms with E-state index in [-0.39, 0.29) is 5.54 Å². The molecule has 5 rings (SSSR count). The fourth-order valence-corrected chi connectivity index (χ4v) is 3.33. The second kappa shape index (κ2) is 6.16. The molecule has 0 aromatic carbocycles. The van der Waals surface area contributed by atoms with Crippen LogP contribution in [-0.4, -0.2) is 26.4 Å². The maximum atomic E-state index is 12.0. The molecule has 8 heteroatoms. The lowest BCUT2D eigenvalue weighted by Gasteiger charge is -2.14. The summed E-state index contributed by atoms with van der Waals surface area (Å²) in [5, 5.41) is 3.96. The summed E-state index contributed by atoms with van der Waals surface area (Å²) in [7, 11) is 0. The van der Waals surface area contributed by atoms with Gasteiger partial charge >= 0.3 is 0 Å². The second-order valence-electron chi connectivity index (χ2n) is 7.60. The van der Waals surface area contributed by atoms with E-state index in [1.54, 1.807) is 25.6 Å². The summed E-state index contributed by atoms with van der Waals surface area (Å²) in [5.74, 6) is 0.874. The minimum Gasteiger partial charge on any atom is -0.472 e. The third-order valence-electron chi connectivity index (χ3n) is 5.23. The minimum absolute atomic E-state index is 0.0535. The van der Waals surface area contributed by atoms with Crippen molar-refractivity contribution in [3.8, 4) is 22.6 Å². The number of aryl methyl sites for hydroxylation is 1. The van der Waals surface area contributed by atoms with E-state index in [0.717, 1.165) is 29.7 Å². The monoisotopic (exact) mass is 389 g/mol. The zero-order valence-corrected chi connectivity index (χ0v) is 16.0. The number of primary amides is 1. The molecule has 8 nitrogen and oxygen atoms in total. The Morgan fingerprint density at radius 3 is 2.66 bits per heavy atom. The van der Waals surface area contributed by atoms with E-state index < -0.39 is 5.91 Å². The maximum absolute atomic E-state index is 12.0. The highest BCUT2D eigenvalue weighted by molar-refractivity contribution is 6.09. The summed E-state index contributed by atoms with van der Waals surface area (Å²) in [6.07, 6.45) is 7.00. The summed E-state index contributed by atoms with van der Waals surface area (Å²) in [6.45, 7) is 3.81. The van der Waals surface area contributed by atoms with E-state index in [1.165, 1.54) is 0 Å². The highest BCUT2D eigenvalue weighted by Crippen LogP contribution is 2.41. The van der Waals surface area contributed by atoms with Crippen LogP contribution < -0.4 is 11.1 Å². The Labute approximate surface area is 166 Å². The lowest BCUT2D eigenvalue weighted by atomic mass is 10.1. The fourth-order valence-electron chi connectivity index (χ4n) is 3.33. The van der Waals surface area contributed by atoms with E-state index >= 15 is 0 Å². The molecule has 0 saturated heterocycles. The smallest absolute Gasteiger partial charge is 0.253 e. The number of anilines is 1. The number of pyridine rings is 1. The molecule has 4 aromatic rings. The van der Waals surface area contributed by atoms with E-state index in [2.05, 4.69) is 22.2 Å². The van der Waals surface area contributed by atoms with Crippen molar-refractivity contribution in [1.29, 1.82) is 0 Å². The standard InChI is InChI=1S/C21H19N5O3/c1-11-15(17(22)27)16-19(26-21(2)6-7-21)24-18(25-20(16)29-11)12-3-4-14(23-9-12)13-5-8-28-10-13/h3-5,8-10H,6-7H2,1-2H3,(H2,22,27)(H,24,25,26). The Balaban J connectivity index is 1.64. The van der Waals surface area contributed by atoms with Crippen LogP contribution in [0.5, 0.6) is 0 Å². The third-order valence-corrected chi connectivity index (χ3v) is 5.23. The normalized spacial score (nSPS) is 14.8. The summed E-state index contributed by atoms with van der Waals surface area (Å²) < 4.78 is 10.9. The molecule has 0 unspecified atom stereocenters. The maximum Gasteiger partial charge on any atom is 0.253 e. The molecule has 29 heavy (non-hydrogen) atoms. The van der Waals surface area contributed by atoms with Crippen LogP contribution in [0.1, 0.15) is 35.9 Å². The molecule has 0 aliphatic heterocycles. The topological polar surface area (TPSA) is 120 Å². The van der Waals surface area contributed by atoms with Gasteiger partial charge in [-0.3, -0.25) is 9.78 Å². The zero-order chi connectivity index (χ0) is 20.2. The zero-order valence-electron chi connectivity index (χ0n) is 16.0. The lowest BCUT2D eigenvalue weighted by molar-refractivity contribution is 0.1000. The van der Waals surface area contributed by atoms with Gasteiger partial charge in [-0.25, -0.2) is 4.98 Å². The molecule has 1 fully saturated rings. The van der Waals surface area contributed by atoms with Crippen molar-refractivity contribution in [3.63, 3.8) is 0 Å². The number of carbonyl (C=O) groups is 1. The number of nitrogens with two attached hydrogens (primary N) is 1. The van der Waals surface area contributed by atoms with Crippen LogP contribution in [0.4, 0.5) is 5.82 Å². The first kappa shape index (κ1) is 17.4. The molecule has 146 valence electrons. The molecule has 1 aliphatic rings. The van der Waals surface area contributed by atoms with Crippen LogP contribution in [0.25, 0.3) is 33.7 Å². The van der Waals surface area contributed by atoms with Crippen LogP contribution in [0.15, 0.2) is 45.8 Å². The van der Waals surface area contributed by atoms with Gasteiger partial charge in [0.25, 0.3) is 5.91 Å². The van der Waals surface area contributed by atoms with Gasteiger partial charge in [-0.1, -0.05) is 0 Å². The molecule has 1 aliphatic carbocycles. The van der Waals surface area contributed by atoms with E-state index in [0.29, 0.717) is 34.1 Å². The van der Waals surface area contributed by atoms with Crippen LogP contribution >= 0.6 is 0 Å². The molecule has 3 N–H and O–H groups in total. The van der Waals surface area contributed by atoms with Gasteiger partial charge in [0.1, 0.15) is 11.6 Å². The van der Waals surface area contributed by atoms with E-state index in [4.69, 9.17) is 19.6 Å². The SMILES string of the molecule is Cc1oc2nc(-c3ccc(-c4ccoc4)nc3)nc(NC3(C)CC3)c2c1C(N)=O. The molecular weight excluding hydrogens is 370 g/mol. The van der Waals surface area contributed by atoms with Gasteiger partial charge in [0.2, 0.25) is 5.71 Å². The van der Waals surface area contributed by atoms with Crippen molar-refractivity contribution in [2.45, 2.75) is 32.2 Å². The lowest BCUT2D eigenvalue weighted by Crippen LogP contribution is -2.19. The van der Waals surface area contributed by atoms with Crippen LogP contribution in [0.3, 0.4) is 0 Å². The van der Waals surface area contributed by atoms with Crippen LogP contribution in [0, 0.1) is 6.92 Å². The Hall–Kier alpha value is -3.68. The second-order valence-corrected chi connectivity index (χ2v) is 7.60. The Bertz CT molecular complexity index is 1220. The average molecular weight is 389 g/mol. The van der Waals surface area contributed by atoms with Crippen molar-refractivity contribution in [1.82, 2.24) is 15.0 Å². The van der Waals surface area contributed by atoms with E-state index in [1.807, 2.05) is 18.2 Å². The van der Waals surface area contributed by atoms with Gasteiger partial charge in [0, 0.05) is 22.9 Å². The summed E-state index contributed by atoms with van der Waals surface area (Å²) in [6, 6.07) is 5.62. The third kappa shape index (κ3) is 3.02. The number of carbonyl (C=O) groups excluding carboxylic acids is 1. The molecule has 4 aromatic heterocycles. The van der Waals surface area contributed by atoms with Crippen LogP contribution in [-0.2, 0) is 0 Å². The number of nitrogens with zero attached hydrogens (tertiary/aromatic N) is 3. The van der Waals surface area contributed by atoms with Crippen LogP contribution in [0.2, 0.25) is 0 Å². The van der Waals surface area contributed by atoms with Gasteiger partial charge in [-0.2, -0.15) is 4.98 Å². The van der Waals surface area contributed by atoms with Crippen molar-refractivity contribution < 1.29 is 13.6 Å². The number of hydrogen-bond acceptors (Lipinski definition) is 7. The van der Waals surface area contributed by atoms with Gasteiger partial charge in [-0.05, 0) is 44.9 Å². The summed E-state index contributed by atoms with van der Waals surface area (Å²) in [4.78, 5) is 25.7. The largest absolute Gasteiger partial charge is 0.472 e. The predicted octanol–water partition coefficient (Wildman–Crippen LogP) is 3.92. The average Bonchev–Trinajstić information content (AvgIpc) is 3.10. The fraction of sp³-hybridized carbons (Fsp3) is 0.238. The predicted molar refractivity (Wildman–Crippen MR) is 107 cm³/mol. The summed E-state index contributed by atoms with van der Waals surface area (Å²) >= 11 is 0. The molecule has 4 heterocycles. The Morgan fingerprint density at radius 1 is 1.21 bits per heavy atom. The minimum atomic E-state index is -0.562. The number of amides is 1. The molecule has 0 radical (unpaired) electrons. The Kier molecular flexibility index (Phi) is 3.70. The summed E-state index contributed by atoms with van der Waals surface area (Å²) in [5.41, 5.74) is 8.59. The molecule has 1 amide bonds. The Morgan fingerprint density at radius 2 is 2.03 bits per heavy atom. The first-order chi connectivity index (χ1) is 13.9. The van der Waals surface area contributed by atoms with Crippen molar-refractivity contribution in [3.05, 3.63) is 48.2 Å². The van der Waals surface area contributed by atoms with Crippen molar-refractivity contribution >= 4 is 22.8 Å². The van der Waals surface area contributed by atoms with Gasteiger partial charge in [0.05, 0.1) is 29.2 Å². The van der Waals surface area contributed by atoms with Crippen molar-refractivity contribution in [2.75, 3.05) is 5.32 Å². The highest BCUT2D eigenvalue weighted by atomic mass is 16.3. The molecule has 0 spiro atoms. The number of furan rings is 2. The van der Waals surface area contributed by atoms with Crippen molar-refractivity contribution in [2.24, 2.45) is 5.73 Å².